The van der Waals surface area contributed by atoms with Crippen molar-refractivity contribution in [1.29, 1.82) is 5.26 Å². The minimum Gasteiger partial charge on any atom is -0.496 e. The fourth-order valence-electron chi connectivity index (χ4n) is 2.20. The predicted molar refractivity (Wildman–Crippen MR) is 99.9 cm³/mol. The molecule has 0 saturated heterocycles. The first-order valence-corrected chi connectivity index (χ1v) is 7.86. The number of anilines is 1. The van der Waals surface area contributed by atoms with Crippen molar-refractivity contribution in [2.75, 3.05) is 19.5 Å². The molecular formula is C18H14ClN3O5. The summed E-state index contributed by atoms with van der Waals surface area (Å²) in [4.78, 5) is 22.6. The van der Waals surface area contributed by atoms with Gasteiger partial charge >= 0.3 is 0 Å². The lowest BCUT2D eigenvalue weighted by atomic mass is 10.1. The number of non-ortho nitro benzene ring substituents is 1. The molecule has 2 rings (SSSR count). The number of ether oxygens (including phenoxy) is 2. The average molecular weight is 388 g/mol. The quantitative estimate of drug-likeness (QED) is 0.349. The van der Waals surface area contributed by atoms with Crippen LogP contribution in [0.5, 0.6) is 11.5 Å². The van der Waals surface area contributed by atoms with E-state index in [0.29, 0.717) is 17.1 Å². The molecule has 0 spiro atoms. The van der Waals surface area contributed by atoms with E-state index < -0.39 is 10.8 Å². The van der Waals surface area contributed by atoms with E-state index in [1.54, 1.807) is 6.07 Å². The highest BCUT2D eigenvalue weighted by Crippen LogP contribution is 2.33. The standard InChI is InChI=1S/C18H14ClN3O5/c1-26-16-9-17(27-2)15(19)7-11(16)6-12(10-20)18(23)21-13-4-3-5-14(8-13)22(24)25/h3-9H,1-2H3,(H,21,23)/b12-6+. The fourth-order valence-corrected chi connectivity index (χ4v) is 2.45. The normalized spacial score (nSPS) is 10.7. The van der Waals surface area contributed by atoms with Crippen molar-refractivity contribution >= 4 is 35.0 Å². The Morgan fingerprint density at radius 1 is 1.26 bits per heavy atom. The molecule has 0 atom stereocenters. The van der Waals surface area contributed by atoms with E-state index in [-0.39, 0.29) is 22.0 Å². The maximum atomic E-state index is 12.4. The van der Waals surface area contributed by atoms with Crippen LogP contribution in [0.1, 0.15) is 5.56 Å². The summed E-state index contributed by atoms with van der Waals surface area (Å²) in [5, 5.41) is 22.9. The molecule has 9 heteroatoms. The highest BCUT2D eigenvalue weighted by Gasteiger charge is 2.15. The molecule has 0 aliphatic heterocycles. The number of nitrogens with zero attached hydrogens (tertiary/aromatic N) is 2. The Hall–Kier alpha value is -3.57. The zero-order valence-corrected chi connectivity index (χ0v) is 15.1. The molecule has 2 aromatic rings. The number of methoxy groups -OCH3 is 2. The van der Waals surface area contributed by atoms with Gasteiger partial charge < -0.3 is 14.8 Å². The molecule has 27 heavy (non-hydrogen) atoms. The molecule has 0 aliphatic carbocycles. The molecule has 2 aromatic carbocycles. The van der Waals surface area contributed by atoms with Gasteiger partial charge in [0.25, 0.3) is 11.6 Å². The van der Waals surface area contributed by atoms with Crippen LogP contribution in [0.3, 0.4) is 0 Å². The van der Waals surface area contributed by atoms with Crippen molar-refractivity contribution in [3.63, 3.8) is 0 Å². The first kappa shape index (κ1) is 19.8. The summed E-state index contributed by atoms with van der Waals surface area (Å²) in [6.07, 6.45) is 1.30. The Balaban J connectivity index is 2.35. The number of amides is 1. The number of nitrogens with one attached hydrogen (secondary N) is 1. The number of nitriles is 1. The number of carbonyl (C=O) groups is 1. The molecule has 138 valence electrons. The molecule has 0 radical (unpaired) electrons. The van der Waals surface area contributed by atoms with Gasteiger partial charge in [-0.15, -0.1) is 0 Å². The Morgan fingerprint density at radius 3 is 2.56 bits per heavy atom. The van der Waals surface area contributed by atoms with Gasteiger partial charge in [0.1, 0.15) is 23.1 Å². The zero-order chi connectivity index (χ0) is 20.0. The summed E-state index contributed by atoms with van der Waals surface area (Å²) < 4.78 is 10.3. The van der Waals surface area contributed by atoms with Gasteiger partial charge in [-0.05, 0) is 18.2 Å². The van der Waals surface area contributed by atoms with E-state index in [1.807, 2.05) is 0 Å². The van der Waals surface area contributed by atoms with Gasteiger partial charge in [-0.25, -0.2) is 0 Å². The summed E-state index contributed by atoms with van der Waals surface area (Å²) in [7, 11) is 2.87. The first-order valence-electron chi connectivity index (χ1n) is 7.48. The van der Waals surface area contributed by atoms with Gasteiger partial charge in [0.05, 0.1) is 24.2 Å². The number of rotatable bonds is 6. The maximum absolute atomic E-state index is 12.4. The van der Waals surface area contributed by atoms with E-state index >= 15 is 0 Å². The predicted octanol–water partition coefficient (Wildman–Crippen LogP) is 3.81. The lowest BCUT2D eigenvalue weighted by Gasteiger charge is -2.10. The van der Waals surface area contributed by atoms with Crippen LogP contribution >= 0.6 is 11.6 Å². The molecule has 1 amide bonds. The first-order chi connectivity index (χ1) is 12.9. The van der Waals surface area contributed by atoms with Crippen LogP contribution in [0.25, 0.3) is 6.08 Å². The summed E-state index contributed by atoms with van der Waals surface area (Å²) in [6.45, 7) is 0. The number of hydrogen-bond donors (Lipinski definition) is 1. The second kappa shape index (κ2) is 8.69. The second-order valence-corrected chi connectivity index (χ2v) is 5.57. The molecular weight excluding hydrogens is 374 g/mol. The van der Waals surface area contributed by atoms with Gasteiger partial charge in [-0.1, -0.05) is 17.7 Å². The third-order valence-electron chi connectivity index (χ3n) is 3.48. The lowest BCUT2D eigenvalue weighted by Crippen LogP contribution is -2.13. The van der Waals surface area contributed by atoms with Gasteiger partial charge in [-0.2, -0.15) is 5.26 Å². The molecule has 0 heterocycles. The van der Waals surface area contributed by atoms with Crippen molar-refractivity contribution in [2.45, 2.75) is 0 Å². The molecule has 1 N–H and O–H groups in total. The van der Waals surface area contributed by atoms with E-state index in [1.165, 1.54) is 56.7 Å². The van der Waals surface area contributed by atoms with Crippen LogP contribution < -0.4 is 14.8 Å². The lowest BCUT2D eigenvalue weighted by molar-refractivity contribution is -0.384. The number of nitro groups is 1. The number of benzene rings is 2. The number of halogens is 1. The fraction of sp³-hybridized carbons (Fsp3) is 0.111. The molecule has 0 aromatic heterocycles. The smallest absolute Gasteiger partial charge is 0.271 e. The van der Waals surface area contributed by atoms with E-state index in [9.17, 15) is 20.2 Å². The van der Waals surface area contributed by atoms with Gasteiger partial charge in [0.15, 0.2) is 0 Å². The highest BCUT2D eigenvalue weighted by atomic mass is 35.5. The Kier molecular flexibility index (Phi) is 6.36. The summed E-state index contributed by atoms with van der Waals surface area (Å²) >= 11 is 6.08. The highest BCUT2D eigenvalue weighted by molar-refractivity contribution is 6.32. The van der Waals surface area contributed by atoms with E-state index in [4.69, 9.17) is 21.1 Å². The number of nitro benzene ring substituents is 1. The third-order valence-corrected chi connectivity index (χ3v) is 3.78. The molecule has 0 saturated carbocycles. The van der Waals surface area contributed by atoms with Crippen molar-refractivity contribution in [3.8, 4) is 17.6 Å². The van der Waals surface area contributed by atoms with Crippen LogP contribution in [-0.4, -0.2) is 25.1 Å². The summed E-state index contributed by atoms with van der Waals surface area (Å²) in [5.41, 5.74) is 0.170. The van der Waals surface area contributed by atoms with Crippen LogP contribution in [-0.2, 0) is 4.79 Å². The minimum absolute atomic E-state index is 0.182. The van der Waals surface area contributed by atoms with Gasteiger partial charge in [-0.3, -0.25) is 14.9 Å². The van der Waals surface area contributed by atoms with E-state index in [0.717, 1.165) is 0 Å². The van der Waals surface area contributed by atoms with Crippen molar-refractivity contribution in [3.05, 3.63) is 62.7 Å². The van der Waals surface area contributed by atoms with Crippen molar-refractivity contribution in [1.82, 2.24) is 0 Å². The molecule has 0 unspecified atom stereocenters. The zero-order valence-electron chi connectivity index (χ0n) is 14.4. The minimum atomic E-state index is -0.730. The van der Waals surface area contributed by atoms with Gasteiger partial charge in [0.2, 0.25) is 0 Å². The SMILES string of the molecule is COc1cc(OC)c(/C=C(\C#N)C(=O)Nc2cccc([N+](=O)[O-])c2)cc1Cl. The monoisotopic (exact) mass is 387 g/mol. The largest absolute Gasteiger partial charge is 0.496 e. The molecule has 0 bridgehead atoms. The molecule has 8 nitrogen and oxygen atoms in total. The second-order valence-electron chi connectivity index (χ2n) is 5.16. The van der Waals surface area contributed by atoms with E-state index in [2.05, 4.69) is 5.32 Å². The number of hydrogen-bond acceptors (Lipinski definition) is 6. The molecule has 0 aliphatic rings. The third kappa shape index (κ3) is 4.74. The van der Waals surface area contributed by atoms with Crippen LogP contribution in [0.4, 0.5) is 11.4 Å². The van der Waals surface area contributed by atoms with Crippen LogP contribution in [0, 0.1) is 21.4 Å². The van der Waals surface area contributed by atoms with Crippen LogP contribution in [0.15, 0.2) is 42.0 Å². The van der Waals surface area contributed by atoms with Crippen molar-refractivity contribution < 1.29 is 19.2 Å². The summed E-state index contributed by atoms with van der Waals surface area (Å²) in [5.74, 6) is 0.00404. The number of carbonyl (C=O) groups excluding carboxylic acids is 1. The average Bonchev–Trinajstić information content (AvgIpc) is 2.66. The van der Waals surface area contributed by atoms with Gasteiger partial charge in [0, 0.05) is 29.4 Å². The van der Waals surface area contributed by atoms with Crippen molar-refractivity contribution in [2.24, 2.45) is 0 Å². The Bertz CT molecular complexity index is 966. The molecule has 0 fully saturated rings. The van der Waals surface area contributed by atoms with Crippen LogP contribution in [0.2, 0.25) is 5.02 Å². The summed E-state index contributed by atoms with van der Waals surface area (Å²) in [6, 6.07) is 10.2. The maximum Gasteiger partial charge on any atom is 0.271 e. The topological polar surface area (TPSA) is 114 Å². The Labute approximate surface area is 159 Å². The Morgan fingerprint density at radius 2 is 1.96 bits per heavy atom.